The molecule has 0 aromatic carbocycles. The smallest absolute Gasteiger partial charge is 0.191 e. The summed E-state index contributed by atoms with van der Waals surface area (Å²) in [6.07, 6.45) is 3.90. The predicted molar refractivity (Wildman–Crippen MR) is 121 cm³/mol. The molecule has 2 rings (SSSR count). The minimum absolute atomic E-state index is 0. The Hall–Kier alpha value is -0.120. The fourth-order valence-corrected chi connectivity index (χ4v) is 3.51. The normalized spacial score (nSPS) is 21.4. The number of aliphatic imine (C=N–C) groups is 1. The van der Waals surface area contributed by atoms with Crippen LogP contribution < -0.4 is 10.6 Å². The zero-order chi connectivity index (χ0) is 18.2. The molecule has 1 heterocycles. The first-order valence-corrected chi connectivity index (χ1v) is 9.99. The quantitative estimate of drug-likeness (QED) is 0.300. The number of guanidine groups is 1. The Morgan fingerprint density at radius 3 is 2.31 bits per heavy atom. The summed E-state index contributed by atoms with van der Waals surface area (Å²) in [6.45, 7) is 12.5. The molecule has 0 spiro atoms. The number of nitrogens with zero attached hydrogens (tertiary/aromatic N) is 3. The summed E-state index contributed by atoms with van der Waals surface area (Å²) in [6, 6.07) is 1.86. The van der Waals surface area contributed by atoms with Crippen LogP contribution in [-0.4, -0.2) is 87.4 Å². The fraction of sp³-hybridized carbons (Fsp3) is 0.947. The van der Waals surface area contributed by atoms with E-state index < -0.39 is 0 Å². The van der Waals surface area contributed by atoms with Crippen LogP contribution in [0.15, 0.2) is 4.99 Å². The molecule has 0 radical (unpaired) electrons. The van der Waals surface area contributed by atoms with E-state index in [1.54, 1.807) is 0 Å². The lowest BCUT2D eigenvalue weighted by Gasteiger charge is -2.36. The van der Waals surface area contributed by atoms with E-state index in [4.69, 9.17) is 4.74 Å². The van der Waals surface area contributed by atoms with Gasteiger partial charge in [-0.3, -0.25) is 14.8 Å². The van der Waals surface area contributed by atoms with Gasteiger partial charge in [0.15, 0.2) is 5.96 Å². The first-order chi connectivity index (χ1) is 12.0. The molecule has 1 aliphatic carbocycles. The molecule has 0 aromatic rings. The van der Waals surface area contributed by atoms with E-state index in [2.05, 4.69) is 53.2 Å². The lowest BCUT2D eigenvalue weighted by Crippen LogP contribution is -2.52. The Labute approximate surface area is 177 Å². The maximum atomic E-state index is 5.51. The number of halogens is 1. The maximum Gasteiger partial charge on any atom is 0.191 e. The average Bonchev–Trinajstić information content (AvgIpc) is 3.45. The molecule has 2 aliphatic rings. The number of morpholine rings is 1. The molecule has 154 valence electrons. The first-order valence-electron chi connectivity index (χ1n) is 9.99. The Kier molecular flexibility index (Phi) is 11.4. The van der Waals surface area contributed by atoms with Crippen molar-refractivity contribution in [2.75, 3.05) is 53.5 Å². The minimum atomic E-state index is 0. The largest absolute Gasteiger partial charge is 0.379 e. The number of hydrogen-bond acceptors (Lipinski definition) is 4. The van der Waals surface area contributed by atoms with Crippen LogP contribution in [-0.2, 0) is 4.74 Å². The number of rotatable bonds is 9. The van der Waals surface area contributed by atoms with Crippen molar-refractivity contribution in [3.05, 3.63) is 0 Å². The summed E-state index contributed by atoms with van der Waals surface area (Å²) >= 11 is 0. The molecule has 1 saturated heterocycles. The first kappa shape index (κ1) is 23.9. The van der Waals surface area contributed by atoms with Crippen molar-refractivity contribution in [2.24, 2.45) is 10.9 Å². The molecule has 1 saturated carbocycles. The van der Waals surface area contributed by atoms with Crippen molar-refractivity contribution < 1.29 is 4.74 Å². The van der Waals surface area contributed by atoms with Crippen LogP contribution in [0, 0.1) is 5.92 Å². The molecule has 6 nitrogen and oxygen atoms in total. The molecule has 26 heavy (non-hydrogen) atoms. The van der Waals surface area contributed by atoms with Crippen LogP contribution in [0.4, 0.5) is 0 Å². The highest BCUT2D eigenvalue weighted by molar-refractivity contribution is 14.0. The van der Waals surface area contributed by atoms with Crippen molar-refractivity contribution in [3.8, 4) is 0 Å². The summed E-state index contributed by atoms with van der Waals surface area (Å²) in [7, 11) is 4.09. The second-order valence-corrected chi connectivity index (χ2v) is 8.01. The Morgan fingerprint density at radius 1 is 1.15 bits per heavy atom. The molecule has 0 bridgehead atoms. The second-order valence-electron chi connectivity index (χ2n) is 8.01. The SMILES string of the molecule is CN=C(NCC(CC(C)C)N1CCOCC1)NCC(C)N(C)C1CC1.I. The summed E-state index contributed by atoms with van der Waals surface area (Å²) in [4.78, 5) is 9.45. The molecule has 2 unspecified atom stereocenters. The van der Waals surface area contributed by atoms with Crippen molar-refractivity contribution in [2.45, 2.75) is 58.2 Å². The Balaban J connectivity index is 0.00000338. The Morgan fingerprint density at radius 2 is 1.77 bits per heavy atom. The van der Waals surface area contributed by atoms with E-state index in [9.17, 15) is 0 Å². The lowest BCUT2D eigenvalue weighted by atomic mass is 10.0. The highest BCUT2D eigenvalue weighted by Gasteiger charge is 2.29. The summed E-state index contributed by atoms with van der Waals surface area (Å²) in [5.41, 5.74) is 0. The Bertz CT molecular complexity index is 411. The number of hydrogen-bond donors (Lipinski definition) is 2. The predicted octanol–water partition coefficient (Wildman–Crippen LogP) is 2.00. The minimum Gasteiger partial charge on any atom is -0.379 e. The van der Waals surface area contributed by atoms with Crippen LogP contribution in [0.25, 0.3) is 0 Å². The standard InChI is InChI=1S/C19H39N5O.HI/c1-15(2)12-18(24-8-10-25-11-9-24)14-22-19(20-4)21-13-16(3)23(5)17-6-7-17;/h15-18H,6-14H2,1-5H3,(H2,20,21,22);1H. The van der Waals surface area contributed by atoms with Gasteiger partial charge in [0.25, 0.3) is 0 Å². The van der Waals surface area contributed by atoms with Gasteiger partial charge in [-0.15, -0.1) is 24.0 Å². The van der Waals surface area contributed by atoms with E-state index in [1.165, 1.54) is 19.3 Å². The maximum absolute atomic E-state index is 5.51. The van der Waals surface area contributed by atoms with Gasteiger partial charge in [-0.25, -0.2) is 0 Å². The summed E-state index contributed by atoms with van der Waals surface area (Å²) in [5.74, 6) is 1.61. The van der Waals surface area contributed by atoms with Crippen molar-refractivity contribution in [1.29, 1.82) is 0 Å². The van der Waals surface area contributed by atoms with Gasteiger partial charge in [-0.2, -0.15) is 0 Å². The highest BCUT2D eigenvalue weighted by Crippen LogP contribution is 2.26. The van der Waals surface area contributed by atoms with Crippen LogP contribution >= 0.6 is 24.0 Å². The second kappa shape index (κ2) is 12.4. The van der Waals surface area contributed by atoms with Gasteiger partial charge in [0.05, 0.1) is 13.2 Å². The van der Waals surface area contributed by atoms with Gasteiger partial charge in [0.1, 0.15) is 0 Å². The van der Waals surface area contributed by atoms with Crippen LogP contribution in [0.3, 0.4) is 0 Å². The van der Waals surface area contributed by atoms with Gasteiger partial charge in [0.2, 0.25) is 0 Å². The summed E-state index contributed by atoms with van der Waals surface area (Å²) in [5, 5.41) is 7.05. The topological polar surface area (TPSA) is 52.1 Å². The van der Waals surface area contributed by atoms with Crippen LogP contribution in [0.5, 0.6) is 0 Å². The zero-order valence-electron chi connectivity index (χ0n) is 17.3. The van der Waals surface area contributed by atoms with Gasteiger partial charge < -0.3 is 15.4 Å². The molecule has 0 aromatic heterocycles. The molecule has 2 N–H and O–H groups in total. The number of nitrogens with one attached hydrogen (secondary N) is 2. The van der Waals surface area contributed by atoms with Gasteiger partial charge in [0, 0.05) is 51.4 Å². The van der Waals surface area contributed by atoms with E-state index in [-0.39, 0.29) is 24.0 Å². The highest BCUT2D eigenvalue weighted by atomic mass is 127. The molecule has 2 fully saturated rings. The molecular weight excluding hydrogens is 441 g/mol. The number of likely N-dealkylation sites (N-methyl/N-ethyl adjacent to an activating group) is 1. The monoisotopic (exact) mass is 481 g/mol. The van der Waals surface area contributed by atoms with Gasteiger partial charge in [-0.05, 0) is 39.2 Å². The lowest BCUT2D eigenvalue weighted by molar-refractivity contribution is 0.0132. The van der Waals surface area contributed by atoms with E-state index >= 15 is 0 Å². The third kappa shape index (κ3) is 8.27. The van der Waals surface area contributed by atoms with Crippen molar-refractivity contribution in [1.82, 2.24) is 20.4 Å². The molecule has 2 atom stereocenters. The third-order valence-corrected chi connectivity index (χ3v) is 5.42. The zero-order valence-corrected chi connectivity index (χ0v) is 19.7. The number of ether oxygens (including phenoxy) is 1. The van der Waals surface area contributed by atoms with Crippen LogP contribution in [0.1, 0.15) is 40.0 Å². The molecule has 7 heteroatoms. The van der Waals surface area contributed by atoms with E-state index in [0.29, 0.717) is 18.0 Å². The third-order valence-electron chi connectivity index (χ3n) is 5.42. The fourth-order valence-electron chi connectivity index (χ4n) is 3.51. The summed E-state index contributed by atoms with van der Waals surface area (Å²) < 4.78 is 5.51. The van der Waals surface area contributed by atoms with Crippen molar-refractivity contribution in [3.63, 3.8) is 0 Å². The van der Waals surface area contributed by atoms with Crippen molar-refractivity contribution >= 4 is 29.9 Å². The average molecular weight is 481 g/mol. The molecule has 0 amide bonds. The van der Waals surface area contributed by atoms with Gasteiger partial charge >= 0.3 is 0 Å². The van der Waals surface area contributed by atoms with E-state index in [1.807, 2.05) is 7.05 Å². The van der Waals surface area contributed by atoms with Gasteiger partial charge in [-0.1, -0.05) is 13.8 Å². The van der Waals surface area contributed by atoms with Crippen LogP contribution in [0.2, 0.25) is 0 Å². The molecular formula is C19H40IN5O. The van der Waals surface area contributed by atoms with E-state index in [0.717, 1.165) is 51.4 Å². The molecule has 1 aliphatic heterocycles.